The van der Waals surface area contributed by atoms with Crippen LogP contribution in [0.25, 0.3) is 33.4 Å². The third-order valence-corrected chi connectivity index (χ3v) is 3.89. The van der Waals surface area contributed by atoms with Gasteiger partial charge in [-0.05, 0) is 42.5 Å². The number of nitrogens with zero attached hydrogens (tertiary/aromatic N) is 2. The molecule has 23 heavy (non-hydrogen) atoms. The molecule has 0 aliphatic rings. The Bertz CT molecular complexity index is 1050. The van der Waals surface area contributed by atoms with Crippen LogP contribution in [0.4, 0.5) is 0 Å². The molecule has 2 N–H and O–H groups in total. The van der Waals surface area contributed by atoms with Gasteiger partial charge in [0.2, 0.25) is 0 Å². The summed E-state index contributed by atoms with van der Waals surface area (Å²) >= 11 is 6.01. The van der Waals surface area contributed by atoms with Crippen LogP contribution in [-0.2, 0) is 0 Å². The average molecular weight is 323 g/mol. The van der Waals surface area contributed by atoms with Crippen molar-refractivity contribution in [1.29, 1.82) is 0 Å². The molecule has 3 heterocycles. The summed E-state index contributed by atoms with van der Waals surface area (Å²) in [6.45, 7) is 0. The van der Waals surface area contributed by atoms with Crippen LogP contribution in [-0.4, -0.2) is 20.2 Å². The number of H-pyrrole nitrogens is 2. The van der Waals surface area contributed by atoms with Crippen molar-refractivity contribution in [2.24, 2.45) is 0 Å². The van der Waals surface area contributed by atoms with Crippen LogP contribution in [0.1, 0.15) is 0 Å². The number of pyridine rings is 1. The topological polar surface area (TPSA) is 74.4 Å². The van der Waals surface area contributed by atoms with E-state index < -0.39 is 0 Å². The number of fused-ring (bicyclic) bond motifs is 1. The highest BCUT2D eigenvalue weighted by Crippen LogP contribution is 2.26. The standard InChI is InChI=1S/C17H11ClN4O/c18-12-1-2-14-11(7-12)8-16(20-14)13-9-15(21-22-17(13)23)10-3-5-19-6-4-10/h1-9,20H,(H,22,23). The van der Waals surface area contributed by atoms with Gasteiger partial charge in [-0.1, -0.05) is 11.6 Å². The van der Waals surface area contributed by atoms with Crippen molar-refractivity contribution in [1.82, 2.24) is 20.2 Å². The Kier molecular flexibility index (Phi) is 3.20. The molecule has 0 aliphatic carbocycles. The number of aromatic amines is 2. The first-order valence-corrected chi connectivity index (χ1v) is 7.37. The minimum Gasteiger partial charge on any atom is -0.354 e. The summed E-state index contributed by atoms with van der Waals surface area (Å²) in [5, 5.41) is 8.26. The number of benzene rings is 1. The first-order chi connectivity index (χ1) is 11.2. The molecule has 1 aromatic carbocycles. The number of halogens is 1. The van der Waals surface area contributed by atoms with E-state index in [1.807, 2.05) is 36.4 Å². The predicted molar refractivity (Wildman–Crippen MR) is 90.4 cm³/mol. The number of hydrogen-bond acceptors (Lipinski definition) is 3. The fourth-order valence-corrected chi connectivity index (χ4v) is 2.71. The van der Waals surface area contributed by atoms with Crippen molar-refractivity contribution < 1.29 is 0 Å². The van der Waals surface area contributed by atoms with Gasteiger partial charge in [0.25, 0.3) is 5.56 Å². The second kappa shape index (κ2) is 5.37. The van der Waals surface area contributed by atoms with Crippen molar-refractivity contribution in [3.63, 3.8) is 0 Å². The Morgan fingerprint density at radius 2 is 1.83 bits per heavy atom. The van der Waals surface area contributed by atoms with Gasteiger partial charge in [-0.2, -0.15) is 5.10 Å². The zero-order valence-electron chi connectivity index (χ0n) is 11.9. The van der Waals surface area contributed by atoms with Crippen LogP contribution in [0.15, 0.2) is 59.7 Å². The lowest BCUT2D eigenvalue weighted by atomic mass is 10.1. The van der Waals surface area contributed by atoms with Crippen LogP contribution in [0, 0.1) is 0 Å². The molecular formula is C17H11ClN4O. The van der Waals surface area contributed by atoms with E-state index in [2.05, 4.69) is 20.2 Å². The van der Waals surface area contributed by atoms with Gasteiger partial charge < -0.3 is 4.98 Å². The van der Waals surface area contributed by atoms with Gasteiger partial charge in [0.15, 0.2) is 0 Å². The Morgan fingerprint density at radius 1 is 1.00 bits per heavy atom. The Balaban J connectivity index is 1.88. The largest absolute Gasteiger partial charge is 0.354 e. The molecular weight excluding hydrogens is 312 g/mol. The van der Waals surface area contributed by atoms with Crippen molar-refractivity contribution in [2.75, 3.05) is 0 Å². The van der Waals surface area contributed by atoms with Gasteiger partial charge in [-0.15, -0.1) is 0 Å². The molecule has 3 aromatic heterocycles. The normalized spacial score (nSPS) is 11.0. The van der Waals surface area contributed by atoms with E-state index in [1.54, 1.807) is 18.5 Å². The van der Waals surface area contributed by atoms with Crippen LogP contribution >= 0.6 is 11.6 Å². The molecule has 0 fully saturated rings. The smallest absolute Gasteiger partial charge is 0.273 e. The molecule has 5 nitrogen and oxygen atoms in total. The fraction of sp³-hybridized carbons (Fsp3) is 0. The number of aromatic nitrogens is 4. The summed E-state index contributed by atoms with van der Waals surface area (Å²) in [4.78, 5) is 19.4. The summed E-state index contributed by atoms with van der Waals surface area (Å²) < 4.78 is 0. The van der Waals surface area contributed by atoms with E-state index in [0.29, 0.717) is 16.3 Å². The van der Waals surface area contributed by atoms with Crippen LogP contribution < -0.4 is 5.56 Å². The summed E-state index contributed by atoms with van der Waals surface area (Å²) in [7, 11) is 0. The van der Waals surface area contributed by atoms with Crippen molar-refractivity contribution in [2.45, 2.75) is 0 Å². The Morgan fingerprint density at radius 3 is 2.65 bits per heavy atom. The molecule has 0 saturated carbocycles. The molecule has 4 rings (SSSR count). The highest BCUT2D eigenvalue weighted by atomic mass is 35.5. The van der Waals surface area contributed by atoms with Crippen LogP contribution in [0.5, 0.6) is 0 Å². The Labute approximate surface area is 136 Å². The van der Waals surface area contributed by atoms with Gasteiger partial charge in [0, 0.05) is 33.9 Å². The maximum atomic E-state index is 12.2. The maximum Gasteiger partial charge on any atom is 0.273 e. The number of rotatable bonds is 2. The molecule has 6 heteroatoms. The minimum absolute atomic E-state index is 0.250. The second-order valence-corrected chi connectivity index (χ2v) is 5.58. The van der Waals surface area contributed by atoms with Gasteiger partial charge in [-0.25, -0.2) is 5.10 Å². The van der Waals surface area contributed by atoms with E-state index >= 15 is 0 Å². The van der Waals surface area contributed by atoms with Gasteiger partial charge in [0.1, 0.15) is 0 Å². The third-order valence-electron chi connectivity index (χ3n) is 3.65. The SMILES string of the molecule is O=c1[nH]nc(-c2ccncc2)cc1-c1cc2cc(Cl)ccc2[nH]1. The molecule has 0 aliphatic heterocycles. The molecule has 0 bridgehead atoms. The molecule has 4 aromatic rings. The number of hydrogen-bond donors (Lipinski definition) is 2. The maximum absolute atomic E-state index is 12.2. The summed E-state index contributed by atoms with van der Waals surface area (Å²) in [6, 6.07) is 12.9. The van der Waals surface area contributed by atoms with E-state index in [4.69, 9.17) is 11.6 Å². The quantitative estimate of drug-likeness (QED) is 0.591. The lowest BCUT2D eigenvalue weighted by Crippen LogP contribution is -2.11. The van der Waals surface area contributed by atoms with Gasteiger partial charge >= 0.3 is 0 Å². The fourth-order valence-electron chi connectivity index (χ4n) is 2.52. The van der Waals surface area contributed by atoms with E-state index in [1.165, 1.54) is 0 Å². The first-order valence-electron chi connectivity index (χ1n) is 6.99. The lowest BCUT2D eigenvalue weighted by molar-refractivity contribution is 0.996. The van der Waals surface area contributed by atoms with E-state index in [0.717, 1.165) is 22.2 Å². The third kappa shape index (κ3) is 2.51. The first kappa shape index (κ1) is 13.7. The summed E-state index contributed by atoms with van der Waals surface area (Å²) in [5.41, 5.74) is 3.49. The monoisotopic (exact) mass is 322 g/mol. The highest BCUT2D eigenvalue weighted by Gasteiger charge is 2.10. The summed E-state index contributed by atoms with van der Waals surface area (Å²) in [6.07, 6.45) is 3.37. The lowest BCUT2D eigenvalue weighted by Gasteiger charge is -2.02. The van der Waals surface area contributed by atoms with E-state index in [-0.39, 0.29) is 5.56 Å². The van der Waals surface area contributed by atoms with Crippen molar-refractivity contribution >= 4 is 22.5 Å². The summed E-state index contributed by atoms with van der Waals surface area (Å²) in [5.74, 6) is 0. The molecule has 0 atom stereocenters. The van der Waals surface area contributed by atoms with Gasteiger partial charge in [0.05, 0.1) is 17.0 Å². The molecule has 0 radical (unpaired) electrons. The molecule has 0 spiro atoms. The zero-order chi connectivity index (χ0) is 15.8. The average Bonchev–Trinajstić information content (AvgIpc) is 2.99. The minimum atomic E-state index is -0.250. The van der Waals surface area contributed by atoms with Crippen molar-refractivity contribution in [3.8, 4) is 22.5 Å². The molecule has 0 unspecified atom stereocenters. The van der Waals surface area contributed by atoms with Gasteiger partial charge in [-0.3, -0.25) is 9.78 Å². The molecule has 0 amide bonds. The second-order valence-electron chi connectivity index (χ2n) is 5.15. The number of nitrogens with one attached hydrogen (secondary N) is 2. The molecule has 112 valence electrons. The van der Waals surface area contributed by atoms with E-state index in [9.17, 15) is 4.79 Å². The predicted octanol–water partition coefficient (Wildman–Crippen LogP) is 3.63. The highest BCUT2D eigenvalue weighted by molar-refractivity contribution is 6.31. The van der Waals surface area contributed by atoms with Crippen LogP contribution in [0.3, 0.4) is 0 Å². The molecule has 0 saturated heterocycles. The van der Waals surface area contributed by atoms with Crippen LogP contribution in [0.2, 0.25) is 5.02 Å². The zero-order valence-corrected chi connectivity index (χ0v) is 12.6. The Hall–Kier alpha value is -2.92. The van der Waals surface area contributed by atoms with Crippen molar-refractivity contribution in [3.05, 3.63) is 70.2 Å².